The van der Waals surface area contributed by atoms with Crippen molar-refractivity contribution < 1.29 is 0 Å². The molecule has 1 nitrogen and oxygen atoms in total. The second-order valence-electron chi connectivity index (χ2n) is 2.82. The summed E-state index contributed by atoms with van der Waals surface area (Å²) < 4.78 is 0. The van der Waals surface area contributed by atoms with Crippen LogP contribution in [0.1, 0.15) is 19.8 Å². The first kappa shape index (κ1) is 3.90. The van der Waals surface area contributed by atoms with Crippen LogP contribution in [0.25, 0.3) is 0 Å². The minimum atomic E-state index is 0.854. The lowest BCUT2D eigenvalue weighted by Crippen LogP contribution is -1.91. The molecule has 2 aliphatic rings. The molecule has 0 aromatic heterocycles. The third kappa shape index (κ3) is 0.556. The zero-order valence-corrected chi connectivity index (χ0v) is 4.65. The van der Waals surface area contributed by atoms with Crippen LogP contribution in [0.4, 0.5) is 0 Å². The summed E-state index contributed by atoms with van der Waals surface area (Å²) >= 11 is 0. The smallest absolute Gasteiger partial charge is 0.0249 e. The third-order valence-corrected chi connectivity index (χ3v) is 2.01. The molecular formula is C6H11N. The van der Waals surface area contributed by atoms with Crippen molar-refractivity contribution in [2.45, 2.75) is 31.8 Å². The average molecular weight is 97.2 g/mol. The predicted molar refractivity (Wildman–Crippen MR) is 29.1 cm³/mol. The summed E-state index contributed by atoms with van der Waals surface area (Å²) in [5.74, 6) is 1.08. The number of hydrogen-bond donors (Lipinski definition) is 1. The molecular weight excluding hydrogens is 86.1 g/mol. The predicted octanol–water partition coefficient (Wildman–Crippen LogP) is 0.757. The molecule has 0 amide bonds. The summed E-state index contributed by atoms with van der Waals surface area (Å²) in [5.41, 5.74) is 0. The maximum absolute atomic E-state index is 3.39. The van der Waals surface area contributed by atoms with E-state index < -0.39 is 0 Å². The van der Waals surface area contributed by atoms with Crippen molar-refractivity contribution in [3.05, 3.63) is 0 Å². The highest BCUT2D eigenvalue weighted by Crippen LogP contribution is 2.39. The number of rotatable bonds is 1. The molecule has 0 spiro atoms. The van der Waals surface area contributed by atoms with Gasteiger partial charge in [0, 0.05) is 12.1 Å². The maximum atomic E-state index is 3.39. The minimum Gasteiger partial charge on any atom is -0.308 e. The first-order chi connectivity index (χ1) is 3.38. The topological polar surface area (TPSA) is 21.9 Å². The molecule has 1 aliphatic heterocycles. The Morgan fingerprint density at radius 2 is 2.00 bits per heavy atom. The van der Waals surface area contributed by atoms with Crippen molar-refractivity contribution >= 4 is 0 Å². The minimum absolute atomic E-state index is 0.854. The highest BCUT2D eigenvalue weighted by Gasteiger charge is 2.43. The highest BCUT2D eigenvalue weighted by atomic mass is 15.2. The van der Waals surface area contributed by atoms with E-state index in [2.05, 4.69) is 12.2 Å². The zero-order valence-electron chi connectivity index (χ0n) is 4.65. The summed E-state index contributed by atoms with van der Waals surface area (Å²) in [7, 11) is 0. The van der Waals surface area contributed by atoms with E-state index in [0.29, 0.717) is 0 Å². The second kappa shape index (κ2) is 1.03. The van der Waals surface area contributed by atoms with Crippen molar-refractivity contribution in [2.24, 2.45) is 5.92 Å². The molecule has 40 valence electrons. The lowest BCUT2D eigenvalue weighted by Gasteiger charge is -1.79. The highest BCUT2D eigenvalue weighted by molar-refractivity contribution is 5.03. The third-order valence-electron chi connectivity index (χ3n) is 2.01. The van der Waals surface area contributed by atoms with E-state index in [9.17, 15) is 0 Å². The van der Waals surface area contributed by atoms with Gasteiger partial charge in [-0.1, -0.05) is 0 Å². The van der Waals surface area contributed by atoms with E-state index >= 15 is 0 Å². The van der Waals surface area contributed by atoms with Gasteiger partial charge in [-0.15, -0.1) is 0 Å². The normalized spacial score (nSPS) is 49.3. The summed E-state index contributed by atoms with van der Waals surface area (Å²) in [4.78, 5) is 0. The molecule has 2 rings (SSSR count). The molecule has 1 heterocycles. The Kier molecular flexibility index (Phi) is 0.571. The van der Waals surface area contributed by atoms with Crippen molar-refractivity contribution in [3.8, 4) is 0 Å². The van der Waals surface area contributed by atoms with Gasteiger partial charge < -0.3 is 5.32 Å². The Morgan fingerprint density at radius 1 is 1.43 bits per heavy atom. The maximum Gasteiger partial charge on any atom is 0.0249 e. The van der Waals surface area contributed by atoms with Crippen molar-refractivity contribution in [3.63, 3.8) is 0 Å². The molecule has 1 heteroatoms. The fourth-order valence-electron chi connectivity index (χ4n) is 1.25. The van der Waals surface area contributed by atoms with Crippen LogP contribution in [0, 0.1) is 5.92 Å². The van der Waals surface area contributed by atoms with Crippen LogP contribution >= 0.6 is 0 Å². The molecule has 7 heavy (non-hydrogen) atoms. The molecule has 0 aromatic rings. The van der Waals surface area contributed by atoms with Gasteiger partial charge in [-0.05, 0) is 25.7 Å². The van der Waals surface area contributed by atoms with Gasteiger partial charge in [-0.3, -0.25) is 0 Å². The Balaban J connectivity index is 1.88. The molecule has 1 saturated carbocycles. The van der Waals surface area contributed by atoms with Crippen LogP contribution in [0.3, 0.4) is 0 Å². The Hall–Kier alpha value is -0.0400. The summed E-state index contributed by atoms with van der Waals surface area (Å²) in [6.45, 7) is 2.27. The molecule has 0 bridgehead atoms. The van der Waals surface area contributed by atoms with Gasteiger partial charge in [-0.2, -0.15) is 0 Å². The Morgan fingerprint density at radius 3 is 2.14 bits per heavy atom. The van der Waals surface area contributed by atoms with Gasteiger partial charge in [0.1, 0.15) is 0 Å². The lowest BCUT2D eigenvalue weighted by molar-refractivity contribution is 0.788. The van der Waals surface area contributed by atoms with Gasteiger partial charge >= 0.3 is 0 Å². The van der Waals surface area contributed by atoms with E-state index in [-0.39, 0.29) is 0 Å². The summed E-state index contributed by atoms with van der Waals surface area (Å²) in [6, 6.07) is 1.78. The lowest BCUT2D eigenvalue weighted by atomic mass is 10.2. The monoisotopic (exact) mass is 97.1 g/mol. The zero-order chi connectivity index (χ0) is 4.85. The molecule has 0 unspecified atom stereocenters. The van der Waals surface area contributed by atoms with E-state index in [0.717, 1.165) is 18.0 Å². The molecule has 2 atom stereocenters. The van der Waals surface area contributed by atoms with E-state index in [4.69, 9.17) is 0 Å². The SMILES string of the molecule is C[C@@H]1N[C@H]1C1CC1. The van der Waals surface area contributed by atoms with Crippen LogP contribution < -0.4 is 5.32 Å². The van der Waals surface area contributed by atoms with Gasteiger partial charge in [0.05, 0.1) is 0 Å². The van der Waals surface area contributed by atoms with Gasteiger partial charge in [0.25, 0.3) is 0 Å². The van der Waals surface area contributed by atoms with Crippen molar-refractivity contribution in [1.82, 2.24) is 5.32 Å². The van der Waals surface area contributed by atoms with Gasteiger partial charge in [-0.25, -0.2) is 0 Å². The molecule has 0 radical (unpaired) electrons. The first-order valence-electron chi connectivity index (χ1n) is 3.14. The first-order valence-corrected chi connectivity index (χ1v) is 3.14. The number of hydrogen-bond acceptors (Lipinski definition) is 1. The second-order valence-corrected chi connectivity index (χ2v) is 2.82. The molecule has 1 N–H and O–H groups in total. The molecule has 1 aliphatic carbocycles. The van der Waals surface area contributed by atoms with E-state index in [1.165, 1.54) is 12.8 Å². The van der Waals surface area contributed by atoms with E-state index in [1.54, 1.807) is 0 Å². The Bertz CT molecular complexity index is 86.2. The van der Waals surface area contributed by atoms with Gasteiger partial charge in [0.2, 0.25) is 0 Å². The van der Waals surface area contributed by atoms with Crippen molar-refractivity contribution in [2.75, 3.05) is 0 Å². The van der Waals surface area contributed by atoms with E-state index in [1.807, 2.05) is 0 Å². The summed E-state index contributed by atoms with van der Waals surface area (Å²) in [5, 5.41) is 3.39. The van der Waals surface area contributed by atoms with Crippen LogP contribution in [0.15, 0.2) is 0 Å². The molecule has 2 fully saturated rings. The van der Waals surface area contributed by atoms with Crippen molar-refractivity contribution in [1.29, 1.82) is 0 Å². The largest absolute Gasteiger partial charge is 0.308 e. The average Bonchev–Trinajstić information content (AvgIpc) is 2.23. The fourth-order valence-corrected chi connectivity index (χ4v) is 1.25. The van der Waals surface area contributed by atoms with Crippen LogP contribution in [0.5, 0.6) is 0 Å². The van der Waals surface area contributed by atoms with Crippen LogP contribution in [0.2, 0.25) is 0 Å². The standard InChI is InChI=1S/C6H11N/c1-4-6(7-4)5-2-3-5/h4-7H,2-3H2,1H3/t4-,6+/m0/s1. The fraction of sp³-hybridized carbons (Fsp3) is 1.00. The number of nitrogens with one attached hydrogen (secondary N) is 1. The van der Waals surface area contributed by atoms with Crippen LogP contribution in [-0.4, -0.2) is 12.1 Å². The Labute approximate surface area is 44.1 Å². The summed E-state index contributed by atoms with van der Waals surface area (Å²) in [6.07, 6.45) is 2.98. The quantitative estimate of drug-likeness (QED) is 0.479. The molecule has 1 saturated heterocycles. The van der Waals surface area contributed by atoms with Crippen LogP contribution in [-0.2, 0) is 0 Å². The molecule has 0 aromatic carbocycles. The van der Waals surface area contributed by atoms with Gasteiger partial charge in [0.15, 0.2) is 0 Å².